The lowest BCUT2D eigenvalue weighted by molar-refractivity contribution is -0.148. The second-order valence-corrected chi connectivity index (χ2v) is 7.12. The number of aromatic nitrogens is 1. The maximum atomic E-state index is 12.5. The molecule has 2 heterocycles. The van der Waals surface area contributed by atoms with E-state index < -0.39 is 5.92 Å². The molecule has 28 heavy (non-hydrogen) atoms. The van der Waals surface area contributed by atoms with E-state index in [4.69, 9.17) is 9.47 Å². The highest BCUT2D eigenvalue weighted by atomic mass is 16.5. The van der Waals surface area contributed by atoms with Crippen molar-refractivity contribution in [3.05, 3.63) is 53.3 Å². The number of amides is 1. The molecule has 1 saturated heterocycles. The van der Waals surface area contributed by atoms with Crippen molar-refractivity contribution < 1.29 is 19.1 Å². The lowest BCUT2D eigenvalue weighted by atomic mass is 10.1. The van der Waals surface area contributed by atoms with E-state index in [0.29, 0.717) is 31.0 Å². The van der Waals surface area contributed by atoms with Crippen LogP contribution in [0.3, 0.4) is 0 Å². The summed E-state index contributed by atoms with van der Waals surface area (Å²) in [6.07, 6.45) is 1.62. The Morgan fingerprint density at radius 1 is 1.25 bits per heavy atom. The van der Waals surface area contributed by atoms with Gasteiger partial charge in [0.1, 0.15) is 5.75 Å². The largest absolute Gasteiger partial charge is 0.495 e. The number of esters is 1. The van der Waals surface area contributed by atoms with Gasteiger partial charge in [0, 0.05) is 24.4 Å². The Hall–Kier alpha value is -2.89. The lowest BCUT2D eigenvalue weighted by Crippen LogP contribution is -2.27. The highest BCUT2D eigenvalue weighted by Crippen LogP contribution is 2.34. The van der Waals surface area contributed by atoms with Gasteiger partial charge in [-0.25, -0.2) is 0 Å². The van der Waals surface area contributed by atoms with E-state index in [0.717, 1.165) is 23.4 Å². The zero-order chi connectivity index (χ0) is 20.1. The number of hydrogen-bond acceptors (Lipinski definition) is 5. The van der Waals surface area contributed by atoms with Gasteiger partial charge < -0.3 is 14.4 Å². The normalized spacial score (nSPS) is 16.3. The number of ether oxygens (including phenoxy) is 2. The summed E-state index contributed by atoms with van der Waals surface area (Å²) >= 11 is 0. The van der Waals surface area contributed by atoms with E-state index in [1.165, 1.54) is 0 Å². The molecule has 1 aliphatic heterocycles. The molecule has 1 aromatic carbocycles. The molecule has 0 spiro atoms. The summed E-state index contributed by atoms with van der Waals surface area (Å²) in [7, 11) is 1.57. The first-order valence-corrected chi connectivity index (χ1v) is 9.52. The Labute approximate surface area is 165 Å². The number of rotatable bonds is 7. The number of methoxy groups -OCH3 is 1. The standard InChI is InChI=1S/C22H26N2O4/c1-15-9-10-20(27-3)19(12-15)24-14-17(13-21(24)25)22(26)28-11-5-8-18-7-4-6-16(2)23-18/h4,6-7,9-10,12,17H,5,8,11,13-14H2,1-3H3. The fraction of sp³-hybridized carbons (Fsp3) is 0.409. The van der Waals surface area contributed by atoms with Crippen molar-refractivity contribution in [1.82, 2.24) is 4.98 Å². The summed E-state index contributed by atoms with van der Waals surface area (Å²) in [4.78, 5) is 30.9. The number of carbonyl (C=O) groups excluding carboxylic acids is 2. The van der Waals surface area contributed by atoms with E-state index in [-0.39, 0.29) is 18.3 Å². The second-order valence-electron chi connectivity index (χ2n) is 7.12. The van der Waals surface area contributed by atoms with Crippen LogP contribution in [0.25, 0.3) is 0 Å². The molecule has 148 valence electrons. The number of hydrogen-bond donors (Lipinski definition) is 0. The topological polar surface area (TPSA) is 68.7 Å². The van der Waals surface area contributed by atoms with Crippen LogP contribution >= 0.6 is 0 Å². The van der Waals surface area contributed by atoms with E-state index in [1.807, 2.05) is 50.2 Å². The second kappa shape index (κ2) is 8.87. The summed E-state index contributed by atoms with van der Waals surface area (Å²) in [6.45, 7) is 4.55. The van der Waals surface area contributed by atoms with Gasteiger partial charge in [0.15, 0.2) is 0 Å². The molecule has 6 heteroatoms. The summed E-state index contributed by atoms with van der Waals surface area (Å²) in [6, 6.07) is 11.6. The van der Waals surface area contributed by atoms with Crippen LogP contribution in [-0.4, -0.2) is 37.1 Å². The third-order valence-corrected chi connectivity index (χ3v) is 4.85. The minimum absolute atomic E-state index is 0.0881. The van der Waals surface area contributed by atoms with Gasteiger partial charge in [-0.1, -0.05) is 12.1 Å². The molecular weight excluding hydrogens is 356 g/mol. The van der Waals surface area contributed by atoms with Crippen molar-refractivity contribution >= 4 is 17.6 Å². The van der Waals surface area contributed by atoms with Crippen LogP contribution in [0.15, 0.2) is 36.4 Å². The number of benzene rings is 1. The fourth-order valence-corrected chi connectivity index (χ4v) is 3.39. The van der Waals surface area contributed by atoms with Gasteiger partial charge in [0.25, 0.3) is 0 Å². The summed E-state index contributed by atoms with van der Waals surface area (Å²) in [5, 5.41) is 0. The predicted octanol–water partition coefficient (Wildman–Crippen LogP) is 3.24. The van der Waals surface area contributed by atoms with E-state index in [9.17, 15) is 9.59 Å². The lowest BCUT2D eigenvalue weighted by Gasteiger charge is -2.20. The van der Waals surface area contributed by atoms with Crippen LogP contribution in [0.5, 0.6) is 5.75 Å². The van der Waals surface area contributed by atoms with Crippen LogP contribution in [0, 0.1) is 19.8 Å². The molecule has 0 saturated carbocycles. The minimum atomic E-state index is -0.449. The maximum absolute atomic E-state index is 12.5. The molecule has 1 aliphatic rings. The van der Waals surface area contributed by atoms with Crippen molar-refractivity contribution in [1.29, 1.82) is 0 Å². The van der Waals surface area contributed by atoms with Gasteiger partial charge >= 0.3 is 5.97 Å². The maximum Gasteiger partial charge on any atom is 0.311 e. The first kappa shape index (κ1) is 19.9. The van der Waals surface area contributed by atoms with E-state index in [1.54, 1.807) is 12.0 Å². The number of aryl methyl sites for hydroxylation is 3. The zero-order valence-corrected chi connectivity index (χ0v) is 16.6. The molecule has 1 aromatic heterocycles. The SMILES string of the molecule is COc1ccc(C)cc1N1CC(C(=O)OCCCc2cccc(C)n2)CC1=O. The molecule has 0 aliphatic carbocycles. The molecule has 1 atom stereocenters. The Morgan fingerprint density at radius 3 is 2.82 bits per heavy atom. The van der Waals surface area contributed by atoms with Crippen LogP contribution in [0.4, 0.5) is 5.69 Å². The third-order valence-electron chi connectivity index (χ3n) is 4.85. The van der Waals surface area contributed by atoms with Crippen LogP contribution < -0.4 is 9.64 Å². The smallest absolute Gasteiger partial charge is 0.311 e. The predicted molar refractivity (Wildman–Crippen MR) is 106 cm³/mol. The Bertz CT molecular complexity index is 865. The van der Waals surface area contributed by atoms with Crippen molar-refractivity contribution in [2.24, 2.45) is 5.92 Å². The highest BCUT2D eigenvalue weighted by Gasteiger charge is 2.37. The van der Waals surface area contributed by atoms with Gasteiger partial charge in [0.05, 0.1) is 25.3 Å². The minimum Gasteiger partial charge on any atom is -0.495 e. The van der Waals surface area contributed by atoms with E-state index in [2.05, 4.69) is 4.98 Å². The average molecular weight is 382 g/mol. The molecule has 1 fully saturated rings. The quantitative estimate of drug-likeness (QED) is 0.543. The van der Waals surface area contributed by atoms with Gasteiger partial charge in [-0.2, -0.15) is 0 Å². The molecular formula is C22H26N2O4. The molecule has 6 nitrogen and oxygen atoms in total. The van der Waals surface area contributed by atoms with Crippen LogP contribution in [0.1, 0.15) is 29.8 Å². The van der Waals surface area contributed by atoms with Crippen molar-refractivity contribution in [2.45, 2.75) is 33.1 Å². The summed E-state index contributed by atoms with van der Waals surface area (Å²) in [5.74, 6) is -0.233. The molecule has 0 bridgehead atoms. The third kappa shape index (κ3) is 4.68. The van der Waals surface area contributed by atoms with Crippen LogP contribution in [0.2, 0.25) is 0 Å². The summed E-state index contributed by atoms with van der Waals surface area (Å²) < 4.78 is 10.8. The van der Waals surface area contributed by atoms with Crippen LogP contribution in [-0.2, 0) is 20.7 Å². The number of anilines is 1. The van der Waals surface area contributed by atoms with Crippen molar-refractivity contribution in [3.63, 3.8) is 0 Å². The molecule has 0 N–H and O–H groups in total. The van der Waals surface area contributed by atoms with Gasteiger partial charge in [-0.05, 0) is 56.5 Å². The molecule has 1 amide bonds. The van der Waals surface area contributed by atoms with Gasteiger partial charge in [-0.15, -0.1) is 0 Å². The Balaban J connectivity index is 1.53. The van der Waals surface area contributed by atoms with Crippen molar-refractivity contribution in [3.8, 4) is 5.75 Å². The number of carbonyl (C=O) groups is 2. The number of pyridine rings is 1. The number of nitrogens with zero attached hydrogens (tertiary/aromatic N) is 2. The van der Waals surface area contributed by atoms with Gasteiger partial charge in [0.2, 0.25) is 5.91 Å². The monoisotopic (exact) mass is 382 g/mol. The Kier molecular flexibility index (Phi) is 6.29. The fourth-order valence-electron chi connectivity index (χ4n) is 3.39. The summed E-state index contributed by atoms with van der Waals surface area (Å²) in [5.41, 5.74) is 3.70. The zero-order valence-electron chi connectivity index (χ0n) is 16.6. The van der Waals surface area contributed by atoms with Crippen molar-refractivity contribution in [2.75, 3.05) is 25.2 Å². The first-order valence-electron chi connectivity index (χ1n) is 9.52. The highest BCUT2D eigenvalue weighted by molar-refractivity contribution is 6.00. The van der Waals surface area contributed by atoms with E-state index >= 15 is 0 Å². The Morgan fingerprint density at radius 2 is 2.07 bits per heavy atom. The molecule has 0 radical (unpaired) electrons. The first-order chi connectivity index (χ1) is 13.5. The van der Waals surface area contributed by atoms with Gasteiger partial charge in [-0.3, -0.25) is 14.6 Å². The molecule has 1 unspecified atom stereocenters. The molecule has 3 rings (SSSR count). The average Bonchev–Trinajstić information content (AvgIpc) is 3.07. The molecule has 2 aromatic rings.